The van der Waals surface area contributed by atoms with Crippen LogP contribution in [0.3, 0.4) is 0 Å². The molecule has 1 atom stereocenters. The van der Waals surface area contributed by atoms with Crippen LogP contribution in [0.15, 0.2) is 36.8 Å². The van der Waals surface area contributed by atoms with Crippen molar-refractivity contribution in [1.82, 2.24) is 25.1 Å². The standard InChI is InChI=1S/C32H47N5O4/c1-4-8-29(38)32(25-9-6-5-7-10-25)16-19-37(20-17-32)30(39)28(21-24-11-13-27(41-3)14-12-24)35-31(40)33-18-15-26-22-36(2)23-34-26/h11-14,22-23,25,28H,4-10,15-21H2,1-3H3,(H2,33,35,40). The highest BCUT2D eigenvalue weighted by molar-refractivity contribution is 5.88. The van der Waals surface area contributed by atoms with E-state index in [-0.39, 0.29) is 17.4 Å². The van der Waals surface area contributed by atoms with Crippen LogP contribution in [-0.2, 0) is 29.5 Å². The van der Waals surface area contributed by atoms with Crippen LogP contribution in [0.4, 0.5) is 4.79 Å². The van der Waals surface area contributed by atoms with Crippen molar-refractivity contribution in [2.75, 3.05) is 26.7 Å². The van der Waals surface area contributed by atoms with E-state index in [4.69, 9.17) is 4.74 Å². The first-order chi connectivity index (χ1) is 19.8. The van der Waals surface area contributed by atoms with Gasteiger partial charge in [0.25, 0.3) is 0 Å². The largest absolute Gasteiger partial charge is 0.497 e. The molecule has 0 radical (unpaired) electrons. The number of aryl methyl sites for hydroxylation is 1. The van der Waals surface area contributed by atoms with E-state index in [1.165, 1.54) is 19.3 Å². The SMILES string of the molecule is CCCC(=O)C1(C2CCCCC2)CCN(C(=O)C(Cc2ccc(OC)cc2)NC(=O)NCCc2cn(C)cn2)CC1. The number of urea groups is 1. The van der Waals surface area contributed by atoms with Gasteiger partial charge in [-0.15, -0.1) is 0 Å². The van der Waals surface area contributed by atoms with E-state index < -0.39 is 6.04 Å². The molecule has 1 saturated heterocycles. The van der Waals surface area contributed by atoms with E-state index in [1.807, 2.05) is 47.0 Å². The number of hydrogen-bond acceptors (Lipinski definition) is 5. The second kappa shape index (κ2) is 14.5. The average Bonchev–Trinajstić information content (AvgIpc) is 3.42. The number of carbonyl (C=O) groups is 3. The molecule has 1 saturated carbocycles. The average molecular weight is 566 g/mol. The van der Waals surface area contributed by atoms with Crippen LogP contribution in [0.5, 0.6) is 5.75 Å². The van der Waals surface area contributed by atoms with Gasteiger partial charge < -0.3 is 24.8 Å². The lowest BCUT2D eigenvalue weighted by Gasteiger charge is -2.47. The molecule has 0 bridgehead atoms. The van der Waals surface area contributed by atoms with Gasteiger partial charge in [-0.05, 0) is 55.7 Å². The van der Waals surface area contributed by atoms with Gasteiger partial charge in [0, 0.05) is 57.6 Å². The van der Waals surface area contributed by atoms with Crippen LogP contribution in [0.25, 0.3) is 0 Å². The van der Waals surface area contributed by atoms with Crippen LogP contribution < -0.4 is 15.4 Å². The van der Waals surface area contributed by atoms with Crippen molar-refractivity contribution in [3.63, 3.8) is 0 Å². The number of carbonyl (C=O) groups excluding carboxylic acids is 3. The molecule has 2 heterocycles. The normalized spacial score (nSPS) is 18.0. The van der Waals surface area contributed by atoms with Gasteiger partial charge in [-0.3, -0.25) is 9.59 Å². The molecule has 41 heavy (non-hydrogen) atoms. The number of likely N-dealkylation sites (tertiary alicyclic amines) is 1. The molecule has 9 nitrogen and oxygen atoms in total. The number of piperidine rings is 1. The van der Waals surface area contributed by atoms with Crippen LogP contribution >= 0.6 is 0 Å². The lowest BCUT2D eigenvalue weighted by Crippen LogP contribution is -2.56. The minimum Gasteiger partial charge on any atom is -0.497 e. The van der Waals surface area contributed by atoms with Crippen LogP contribution in [0, 0.1) is 11.3 Å². The summed E-state index contributed by atoms with van der Waals surface area (Å²) < 4.78 is 7.15. The number of ether oxygens (including phenoxy) is 1. The highest BCUT2D eigenvalue weighted by Gasteiger charge is 2.47. The maximum Gasteiger partial charge on any atom is 0.315 e. The summed E-state index contributed by atoms with van der Waals surface area (Å²) in [6.45, 7) is 3.58. The molecule has 0 spiro atoms. The minimum atomic E-state index is -0.716. The predicted molar refractivity (Wildman–Crippen MR) is 159 cm³/mol. The van der Waals surface area contributed by atoms with E-state index in [1.54, 1.807) is 13.4 Å². The Morgan fingerprint density at radius 2 is 1.80 bits per heavy atom. The molecular formula is C32H47N5O4. The number of methoxy groups -OCH3 is 1. The number of nitrogens with one attached hydrogen (secondary N) is 2. The van der Waals surface area contributed by atoms with Crippen molar-refractivity contribution < 1.29 is 19.1 Å². The smallest absolute Gasteiger partial charge is 0.315 e. The van der Waals surface area contributed by atoms with Gasteiger partial charge >= 0.3 is 6.03 Å². The Balaban J connectivity index is 1.43. The summed E-state index contributed by atoms with van der Waals surface area (Å²) in [5, 5.41) is 5.83. The number of ketones is 1. The number of imidazole rings is 1. The summed E-state index contributed by atoms with van der Waals surface area (Å²) in [6, 6.07) is 6.48. The number of aromatic nitrogens is 2. The molecule has 224 valence electrons. The Bertz CT molecular complexity index is 1150. The van der Waals surface area contributed by atoms with Crippen molar-refractivity contribution in [3.05, 3.63) is 48.0 Å². The molecule has 2 aromatic rings. The maximum absolute atomic E-state index is 13.9. The van der Waals surface area contributed by atoms with Gasteiger partial charge in [-0.25, -0.2) is 9.78 Å². The van der Waals surface area contributed by atoms with Gasteiger partial charge in [0.05, 0.1) is 19.1 Å². The molecule has 2 aliphatic rings. The van der Waals surface area contributed by atoms with Crippen molar-refractivity contribution in [3.8, 4) is 5.75 Å². The van der Waals surface area contributed by atoms with Gasteiger partial charge in [0.1, 0.15) is 17.6 Å². The summed E-state index contributed by atoms with van der Waals surface area (Å²) in [4.78, 5) is 46.5. The second-order valence-corrected chi connectivity index (χ2v) is 11.8. The second-order valence-electron chi connectivity index (χ2n) is 11.8. The summed E-state index contributed by atoms with van der Waals surface area (Å²) in [6.07, 6.45) is 13.4. The number of hydrogen-bond donors (Lipinski definition) is 2. The fourth-order valence-corrected chi connectivity index (χ4v) is 6.70. The lowest BCUT2D eigenvalue weighted by atomic mass is 9.61. The zero-order valence-corrected chi connectivity index (χ0v) is 25.0. The molecule has 1 aromatic carbocycles. The molecule has 2 fully saturated rings. The zero-order chi connectivity index (χ0) is 29.2. The Kier molecular flexibility index (Phi) is 10.8. The number of Topliss-reactive ketones (excluding diaryl/α,β-unsaturated/α-hetero) is 1. The Hall–Kier alpha value is -3.36. The monoisotopic (exact) mass is 565 g/mol. The molecule has 9 heteroatoms. The Morgan fingerprint density at radius 3 is 2.41 bits per heavy atom. The molecule has 1 aliphatic heterocycles. The Labute approximate surface area is 244 Å². The van der Waals surface area contributed by atoms with E-state index in [2.05, 4.69) is 22.5 Å². The third-order valence-corrected chi connectivity index (χ3v) is 9.01. The van der Waals surface area contributed by atoms with Crippen molar-refractivity contribution in [2.24, 2.45) is 18.4 Å². The van der Waals surface area contributed by atoms with Crippen LogP contribution in [0.1, 0.15) is 76.0 Å². The van der Waals surface area contributed by atoms with E-state index in [9.17, 15) is 14.4 Å². The Morgan fingerprint density at radius 1 is 1.10 bits per heavy atom. The number of rotatable bonds is 12. The van der Waals surface area contributed by atoms with E-state index in [0.717, 1.165) is 36.3 Å². The zero-order valence-electron chi connectivity index (χ0n) is 25.0. The number of benzene rings is 1. The highest BCUT2D eigenvalue weighted by atomic mass is 16.5. The quantitative estimate of drug-likeness (QED) is 0.396. The molecule has 2 N–H and O–H groups in total. The van der Waals surface area contributed by atoms with Crippen molar-refractivity contribution in [1.29, 1.82) is 0 Å². The lowest BCUT2D eigenvalue weighted by molar-refractivity contribution is -0.144. The van der Waals surface area contributed by atoms with E-state index >= 15 is 0 Å². The molecule has 1 aromatic heterocycles. The molecule has 1 unspecified atom stereocenters. The number of nitrogens with zero attached hydrogens (tertiary/aromatic N) is 3. The molecule has 4 rings (SSSR count). The summed E-state index contributed by atoms with van der Waals surface area (Å²) in [5.74, 6) is 1.45. The minimum absolute atomic E-state index is 0.0964. The number of amides is 3. The maximum atomic E-state index is 13.9. The summed E-state index contributed by atoms with van der Waals surface area (Å²) in [5.41, 5.74) is 1.52. The third kappa shape index (κ3) is 7.89. The topological polar surface area (TPSA) is 106 Å². The molecule has 3 amide bonds. The fourth-order valence-electron chi connectivity index (χ4n) is 6.70. The van der Waals surface area contributed by atoms with Crippen molar-refractivity contribution in [2.45, 2.75) is 83.6 Å². The van der Waals surface area contributed by atoms with Gasteiger partial charge in [0.2, 0.25) is 5.91 Å². The fraction of sp³-hybridized carbons (Fsp3) is 0.625. The highest BCUT2D eigenvalue weighted by Crippen LogP contribution is 2.47. The van der Waals surface area contributed by atoms with Crippen LogP contribution in [0.2, 0.25) is 0 Å². The van der Waals surface area contributed by atoms with Crippen molar-refractivity contribution >= 4 is 17.7 Å². The van der Waals surface area contributed by atoms with Crippen LogP contribution in [-0.4, -0.2) is 65.0 Å². The van der Waals surface area contributed by atoms with E-state index in [0.29, 0.717) is 63.4 Å². The molecular weight excluding hydrogens is 518 g/mol. The predicted octanol–water partition coefficient (Wildman–Crippen LogP) is 4.44. The summed E-state index contributed by atoms with van der Waals surface area (Å²) in [7, 11) is 3.53. The first-order valence-corrected chi connectivity index (χ1v) is 15.3. The molecule has 1 aliphatic carbocycles. The third-order valence-electron chi connectivity index (χ3n) is 9.01. The first kappa shape index (κ1) is 30.6. The van der Waals surface area contributed by atoms with Gasteiger partial charge in [-0.1, -0.05) is 38.3 Å². The summed E-state index contributed by atoms with van der Waals surface area (Å²) >= 11 is 0. The van der Waals surface area contributed by atoms with Gasteiger partial charge in [0.15, 0.2) is 0 Å². The first-order valence-electron chi connectivity index (χ1n) is 15.3. The van der Waals surface area contributed by atoms with Gasteiger partial charge in [-0.2, -0.15) is 0 Å².